The van der Waals surface area contributed by atoms with E-state index in [4.69, 9.17) is 16.1 Å². The number of hydrogen-bond acceptors (Lipinski definition) is 4. The summed E-state index contributed by atoms with van der Waals surface area (Å²) in [6.07, 6.45) is 2.31. The number of nitrogens with one attached hydrogen (secondary N) is 1. The molecule has 0 saturated carbocycles. The summed E-state index contributed by atoms with van der Waals surface area (Å²) in [6.45, 7) is 3.93. The molecule has 1 saturated heterocycles. The first-order valence-corrected chi connectivity index (χ1v) is 7.43. The van der Waals surface area contributed by atoms with Crippen LogP contribution in [0.1, 0.15) is 37.0 Å². The van der Waals surface area contributed by atoms with Crippen molar-refractivity contribution in [2.75, 3.05) is 13.1 Å². The van der Waals surface area contributed by atoms with Gasteiger partial charge in [0.2, 0.25) is 5.89 Å². The Morgan fingerprint density at radius 2 is 2.33 bits per heavy atom. The summed E-state index contributed by atoms with van der Waals surface area (Å²) in [7, 11) is 0. The fourth-order valence-corrected chi connectivity index (χ4v) is 2.90. The molecule has 2 aromatic rings. The van der Waals surface area contributed by atoms with Crippen LogP contribution in [0.5, 0.6) is 0 Å². The van der Waals surface area contributed by atoms with E-state index in [1.54, 1.807) is 12.1 Å². The van der Waals surface area contributed by atoms with E-state index in [1.165, 1.54) is 6.07 Å². The fourth-order valence-electron chi connectivity index (χ4n) is 2.67. The van der Waals surface area contributed by atoms with E-state index < -0.39 is 0 Å². The van der Waals surface area contributed by atoms with Gasteiger partial charge in [0.15, 0.2) is 5.82 Å². The molecule has 0 radical (unpaired) electrons. The zero-order valence-electron chi connectivity index (χ0n) is 11.8. The normalized spacial score (nSPS) is 22.4. The Morgan fingerprint density at radius 3 is 3.05 bits per heavy atom. The molecule has 2 heterocycles. The maximum atomic E-state index is 13.8. The lowest BCUT2D eigenvalue weighted by atomic mass is 9.83. The van der Waals surface area contributed by atoms with Crippen molar-refractivity contribution in [2.45, 2.75) is 31.6 Å². The first-order chi connectivity index (χ1) is 10.1. The first kappa shape index (κ1) is 14.5. The highest BCUT2D eigenvalue weighted by molar-refractivity contribution is 6.31. The van der Waals surface area contributed by atoms with Crippen molar-refractivity contribution in [3.8, 4) is 0 Å². The van der Waals surface area contributed by atoms with Crippen LogP contribution in [0.4, 0.5) is 4.39 Å². The van der Waals surface area contributed by atoms with Crippen molar-refractivity contribution in [2.24, 2.45) is 0 Å². The third-order valence-electron chi connectivity index (χ3n) is 3.98. The van der Waals surface area contributed by atoms with E-state index in [0.717, 1.165) is 25.9 Å². The van der Waals surface area contributed by atoms with Gasteiger partial charge in [-0.15, -0.1) is 0 Å². The Hall–Kier alpha value is -1.46. The third-order valence-corrected chi connectivity index (χ3v) is 4.33. The second-order valence-corrected chi connectivity index (χ2v) is 6.14. The van der Waals surface area contributed by atoms with Gasteiger partial charge < -0.3 is 9.84 Å². The van der Waals surface area contributed by atoms with Crippen LogP contribution >= 0.6 is 11.6 Å². The number of piperidine rings is 1. The number of nitrogens with zero attached hydrogens (tertiary/aromatic N) is 2. The molecule has 4 nitrogen and oxygen atoms in total. The molecule has 0 aliphatic carbocycles. The second-order valence-electron chi connectivity index (χ2n) is 5.73. The van der Waals surface area contributed by atoms with E-state index in [0.29, 0.717) is 22.3 Å². The van der Waals surface area contributed by atoms with Gasteiger partial charge in [0.05, 0.1) is 5.41 Å². The van der Waals surface area contributed by atoms with E-state index >= 15 is 0 Å². The Balaban J connectivity index is 1.82. The van der Waals surface area contributed by atoms with Crippen LogP contribution in [0.3, 0.4) is 0 Å². The zero-order chi connectivity index (χ0) is 14.9. The van der Waals surface area contributed by atoms with Crippen LogP contribution < -0.4 is 5.32 Å². The van der Waals surface area contributed by atoms with E-state index in [9.17, 15) is 4.39 Å². The van der Waals surface area contributed by atoms with Gasteiger partial charge in [-0.3, -0.25) is 0 Å². The lowest BCUT2D eigenvalue weighted by molar-refractivity contribution is 0.245. The van der Waals surface area contributed by atoms with Gasteiger partial charge in [0.1, 0.15) is 5.82 Å². The number of hydrogen-bond donors (Lipinski definition) is 1. The van der Waals surface area contributed by atoms with E-state index in [2.05, 4.69) is 22.4 Å². The summed E-state index contributed by atoms with van der Waals surface area (Å²) >= 11 is 6.03. The van der Waals surface area contributed by atoms with Crippen LogP contribution in [0.2, 0.25) is 5.02 Å². The molecular formula is C15H17ClFN3O. The van der Waals surface area contributed by atoms with Gasteiger partial charge in [-0.2, -0.15) is 4.98 Å². The lowest BCUT2D eigenvalue weighted by Crippen LogP contribution is -2.41. The monoisotopic (exact) mass is 309 g/mol. The van der Waals surface area contributed by atoms with Gasteiger partial charge in [-0.1, -0.05) is 22.8 Å². The summed E-state index contributed by atoms with van der Waals surface area (Å²) < 4.78 is 19.2. The van der Waals surface area contributed by atoms with Crippen LogP contribution in [0.15, 0.2) is 22.7 Å². The molecule has 1 aliphatic rings. The minimum absolute atomic E-state index is 0.150. The van der Waals surface area contributed by atoms with Crippen molar-refractivity contribution in [1.29, 1.82) is 0 Å². The van der Waals surface area contributed by atoms with Crippen molar-refractivity contribution >= 4 is 11.6 Å². The number of benzene rings is 1. The molecule has 1 fully saturated rings. The van der Waals surface area contributed by atoms with Crippen molar-refractivity contribution in [3.63, 3.8) is 0 Å². The van der Waals surface area contributed by atoms with Gasteiger partial charge in [-0.05, 0) is 38.4 Å². The first-order valence-electron chi connectivity index (χ1n) is 7.05. The topological polar surface area (TPSA) is 51.0 Å². The van der Waals surface area contributed by atoms with Crippen LogP contribution in [-0.2, 0) is 11.8 Å². The summed E-state index contributed by atoms with van der Waals surface area (Å²) in [6, 6.07) is 4.62. The smallest absolute Gasteiger partial charge is 0.233 e. The summed E-state index contributed by atoms with van der Waals surface area (Å²) in [5.41, 5.74) is 0.251. The largest absolute Gasteiger partial charge is 0.339 e. The Morgan fingerprint density at radius 1 is 1.48 bits per heavy atom. The van der Waals surface area contributed by atoms with Crippen LogP contribution in [0.25, 0.3) is 0 Å². The molecule has 1 aromatic heterocycles. The molecule has 112 valence electrons. The second kappa shape index (κ2) is 5.73. The Bertz CT molecular complexity index is 617. The van der Waals surface area contributed by atoms with E-state index in [1.807, 2.05) is 0 Å². The van der Waals surface area contributed by atoms with Gasteiger partial charge in [-0.25, -0.2) is 4.39 Å². The number of aromatic nitrogens is 2. The highest BCUT2D eigenvalue weighted by Crippen LogP contribution is 2.30. The quantitative estimate of drug-likeness (QED) is 0.946. The summed E-state index contributed by atoms with van der Waals surface area (Å²) in [5, 5.41) is 7.70. The highest BCUT2D eigenvalue weighted by atomic mass is 35.5. The standard InChI is InChI=1S/C15H17ClFN3O/c1-15(6-3-7-18-9-15)14-19-13(20-21-14)8-10-11(16)4-2-5-12(10)17/h2,4-5,18H,3,6-9H2,1H3. The number of halogens is 2. The molecule has 0 amide bonds. The highest BCUT2D eigenvalue weighted by Gasteiger charge is 2.34. The van der Waals surface area contributed by atoms with Gasteiger partial charge >= 0.3 is 0 Å². The predicted molar refractivity (Wildman–Crippen MR) is 78.0 cm³/mol. The zero-order valence-corrected chi connectivity index (χ0v) is 12.6. The van der Waals surface area contributed by atoms with Gasteiger partial charge in [0, 0.05) is 23.6 Å². The molecule has 0 bridgehead atoms. The maximum Gasteiger partial charge on any atom is 0.233 e. The van der Waals surface area contributed by atoms with Crippen LogP contribution in [-0.4, -0.2) is 23.2 Å². The average Bonchev–Trinajstić information content (AvgIpc) is 2.93. The van der Waals surface area contributed by atoms with Crippen molar-refractivity contribution < 1.29 is 8.91 Å². The SMILES string of the molecule is CC1(c2nc(Cc3c(F)cccc3Cl)no2)CCCNC1. The molecule has 1 aliphatic heterocycles. The molecule has 1 N–H and O–H groups in total. The average molecular weight is 310 g/mol. The summed E-state index contributed by atoms with van der Waals surface area (Å²) in [4.78, 5) is 4.44. The molecule has 0 spiro atoms. The minimum Gasteiger partial charge on any atom is -0.339 e. The van der Waals surface area contributed by atoms with E-state index in [-0.39, 0.29) is 17.7 Å². The van der Waals surface area contributed by atoms with Crippen LogP contribution in [0, 0.1) is 5.82 Å². The molecule has 21 heavy (non-hydrogen) atoms. The molecule has 1 unspecified atom stereocenters. The summed E-state index contributed by atoms with van der Waals surface area (Å²) in [5.74, 6) is 0.723. The Labute approximate surface area is 127 Å². The maximum absolute atomic E-state index is 13.8. The van der Waals surface area contributed by atoms with Gasteiger partial charge in [0.25, 0.3) is 0 Å². The van der Waals surface area contributed by atoms with Crippen molar-refractivity contribution in [1.82, 2.24) is 15.5 Å². The van der Waals surface area contributed by atoms with Crippen molar-refractivity contribution in [3.05, 3.63) is 46.3 Å². The molecule has 1 atom stereocenters. The minimum atomic E-state index is -0.348. The predicted octanol–water partition coefficient (Wildman–Crippen LogP) is 3.09. The molecule has 6 heteroatoms. The molecule has 1 aromatic carbocycles. The third kappa shape index (κ3) is 2.94. The Kier molecular flexibility index (Phi) is 3.95. The molecular weight excluding hydrogens is 293 g/mol. The number of rotatable bonds is 3. The fraction of sp³-hybridized carbons (Fsp3) is 0.467. The lowest BCUT2D eigenvalue weighted by Gasteiger charge is -2.30. The molecule has 3 rings (SSSR count).